The number of nitrogens with zero attached hydrogens (tertiary/aromatic N) is 4. The number of fused-ring (bicyclic) bond motifs is 1. The van der Waals surface area contributed by atoms with Gasteiger partial charge in [-0.15, -0.1) is 0 Å². The molecule has 0 aliphatic carbocycles. The molecular weight excluding hydrogens is 349 g/mol. The summed E-state index contributed by atoms with van der Waals surface area (Å²) in [7, 11) is -1.43. The first-order valence-electron chi connectivity index (χ1n) is 7.79. The van der Waals surface area contributed by atoms with E-state index in [2.05, 4.69) is 15.0 Å². The molecule has 2 aromatic heterocycles. The molecule has 3 unspecified atom stereocenters. The molecule has 134 valence electrons. The molecule has 1 aliphatic rings. The molecule has 3 rings (SSSR count). The summed E-state index contributed by atoms with van der Waals surface area (Å²) >= 11 is 0. The molecule has 1 saturated heterocycles. The van der Waals surface area contributed by atoms with Crippen molar-refractivity contribution in [2.24, 2.45) is 0 Å². The number of aliphatic hydroxyl groups excluding tert-OH is 1. The normalized spacial score (nSPS) is 21.4. The highest BCUT2D eigenvalue weighted by molar-refractivity contribution is 7.46. The van der Waals surface area contributed by atoms with E-state index in [1.165, 1.54) is 6.33 Å². The van der Waals surface area contributed by atoms with Crippen molar-refractivity contribution in [2.45, 2.75) is 31.6 Å². The highest BCUT2D eigenvalue weighted by atomic mass is 31.2. The Morgan fingerprint density at radius 1 is 1.48 bits per heavy atom. The Kier molecular flexibility index (Phi) is 6.07. The van der Waals surface area contributed by atoms with Crippen molar-refractivity contribution in [3.05, 3.63) is 23.0 Å². The molecule has 0 bridgehead atoms. The second-order valence-corrected chi connectivity index (χ2v) is 6.82. The molecule has 10 nitrogen and oxygen atoms in total. The zero-order chi connectivity index (χ0) is 17.6. The number of rotatable bonds is 8. The number of aromatic amines is 1. The lowest BCUT2D eigenvalue weighted by Gasteiger charge is -2.18. The number of nitrogens with one attached hydrogen (secondary N) is 1. The summed E-state index contributed by atoms with van der Waals surface area (Å²) in [5.41, 5.74) is 0.470. The molecule has 0 amide bonds. The van der Waals surface area contributed by atoms with Crippen molar-refractivity contribution in [3.8, 4) is 6.07 Å². The average Bonchev–Trinajstić information content (AvgIpc) is 3.25. The molecule has 11 heteroatoms. The van der Waals surface area contributed by atoms with Gasteiger partial charge in [0.1, 0.15) is 12.6 Å². The summed E-state index contributed by atoms with van der Waals surface area (Å²) in [6.45, 7) is 0.522. The van der Waals surface area contributed by atoms with Crippen LogP contribution in [0.5, 0.6) is 0 Å². The Bertz CT molecular complexity index is 803. The maximum absolute atomic E-state index is 11.7. The third kappa shape index (κ3) is 4.21. The van der Waals surface area contributed by atoms with Crippen molar-refractivity contribution < 1.29 is 18.9 Å². The van der Waals surface area contributed by atoms with Crippen molar-refractivity contribution in [1.82, 2.24) is 19.5 Å². The standard InChI is InChI=1S/C14H18N5O5P/c15-4-1-5-22-25(9-20)23-6-10-2-3-11(24-10)19-8-18-12-13(19)16-7-17-14(12)21/h7-8,10-11,20H,1-3,5-6,9H2,(H,16,17,21). The first-order valence-corrected chi connectivity index (χ1v) is 9.16. The first kappa shape index (κ1) is 17.9. The summed E-state index contributed by atoms with van der Waals surface area (Å²) < 4.78 is 18.5. The zero-order valence-corrected chi connectivity index (χ0v) is 14.3. The van der Waals surface area contributed by atoms with Crippen LogP contribution in [-0.4, -0.2) is 50.3 Å². The van der Waals surface area contributed by atoms with E-state index >= 15 is 0 Å². The average molecular weight is 367 g/mol. The van der Waals surface area contributed by atoms with E-state index in [-0.39, 0.29) is 49.4 Å². The number of nitriles is 1. The fourth-order valence-electron chi connectivity index (χ4n) is 2.57. The minimum Gasteiger partial charge on any atom is -0.387 e. The van der Waals surface area contributed by atoms with Crippen molar-refractivity contribution >= 4 is 19.5 Å². The molecular formula is C14H18N5O5P. The Morgan fingerprint density at radius 3 is 3.16 bits per heavy atom. The number of hydrogen-bond acceptors (Lipinski definition) is 8. The zero-order valence-electron chi connectivity index (χ0n) is 13.4. The van der Waals surface area contributed by atoms with Gasteiger partial charge in [-0.3, -0.25) is 9.36 Å². The van der Waals surface area contributed by atoms with Crippen LogP contribution in [-0.2, 0) is 13.8 Å². The van der Waals surface area contributed by atoms with Crippen LogP contribution >= 0.6 is 8.38 Å². The molecule has 3 atom stereocenters. The molecule has 2 N–H and O–H groups in total. The third-order valence-electron chi connectivity index (χ3n) is 3.73. The highest BCUT2D eigenvalue weighted by Gasteiger charge is 2.29. The Morgan fingerprint density at radius 2 is 2.36 bits per heavy atom. The molecule has 0 aromatic carbocycles. The van der Waals surface area contributed by atoms with E-state index in [1.807, 2.05) is 6.07 Å². The number of hydrogen-bond donors (Lipinski definition) is 2. The number of aliphatic hydroxyl groups is 1. The van der Waals surface area contributed by atoms with Crippen molar-refractivity contribution in [3.63, 3.8) is 0 Å². The van der Waals surface area contributed by atoms with Gasteiger partial charge in [-0.2, -0.15) is 5.26 Å². The topological polar surface area (TPSA) is 135 Å². The molecule has 0 saturated carbocycles. The maximum Gasteiger partial charge on any atom is 0.278 e. The van der Waals surface area contributed by atoms with E-state index in [4.69, 9.17) is 19.0 Å². The van der Waals surface area contributed by atoms with Crippen LogP contribution < -0.4 is 5.56 Å². The molecule has 0 spiro atoms. The van der Waals surface area contributed by atoms with Crippen LogP contribution in [0.4, 0.5) is 0 Å². The lowest BCUT2D eigenvalue weighted by molar-refractivity contribution is -0.0168. The molecule has 25 heavy (non-hydrogen) atoms. The largest absolute Gasteiger partial charge is 0.387 e. The molecule has 2 aromatic rings. The molecule has 1 aliphatic heterocycles. The Labute approximate surface area is 144 Å². The van der Waals surface area contributed by atoms with Gasteiger partial charge in [0.15, 0.2) is 19.5 Å². The van der Waals surface area contributed by atoms with Crippen LogP contribution in [0.15, 0.2) is 17.4 Å². The number of ether oxygens (including phenoxy) is 1. The van der Waals surface area contributed by atoms with Gasteiger partial charge < -0.3 is 23.9 Å². The van der Waals surface area contributed by atoms with Gasteiger partial charge in [-0.25, -0.2) is 9.97 Å². The smallest absolute Gasteiger partial charge is 0.278 e. The van der Waals surface area contributed by atoms with Gasteiger partial charge in [0.2, 0.25) is 0 Å². The van der Waals surface area contributed by atoms with Gasteiger partial charge in [-0.1, -0.05) is 0 Å². The van der Waals surface area contributed by atoms with Gasteiger partial charge in [0, 0.05) is 0 Å². The molecule has 0 radical (unpaired) electrons. The van der Waals surface area contributed by atoms with Crippen LogP contribution in [0.25, 0.3) is 11.2 Å². The van der Waals surface area contributed by atoms with Crippen LogP contribution in [0, 0.1) is 11.3 Å². The number of imidazole rings is 1. The van der Waals surface area contributed by atoms with Crippen LogP contribution in [0.2, 0.25) is 0 Å². The summed E-state index contributed by atoms with van der Waals surface area (Å²) in [6, 6.07) is 1.97. The fraction of sp³-hybridized carbons (Fsp3) is 0.571. The van der Waals surface area contributed by atoms with E-state index in [0.29, 0.717) is 5.65 Å². The second kappa shape index (κ2) is 8.47. The SMILES string of the molecule is N#CCCOP(CO)OCC1CCC(n2cnc3c(=O)[nH]cnc32)O1. The predicted molar refractivity (Wildman–Crippen MR) is 87.4 cm³/mol. The summed E-state index contributed by atoms with van der Waals surface area (Å²) in [6.07, 6.45) is 3.99. The summed E-state index contributed by atoms with van der Waals surface area (Å²) in [5, 5.41) is 17.7. The van der Waals surface area contributed by atoms with Crippen LogP contribution in [0.3, 0.4) is 0 Å². The van der Waals surface area contributed by atoms with Gasteiger partial charge in [-0.05, 0) is 12.8 Å². The Hall–Kier alpha value is -1.89. The van der Waals surface area contributed by atoms with Crippen molar-refractivity contribution in [2.75, 3.05) is 19.6 Å². The van der Waals surface area contributed by atoms with E-state index < -0.39 is 8.38 Å². The van der Waals surface area contributed by atoms with Gasteiger partial charge in [0.05, 0.1) is 44.5 Å². The number of H-pyrrole nitrogens is 1. The monoisotopic (exact) mass is 367 g/mol. The van der Waals surface area contributed by atoms with E-state index in [0.717, 1.165) is 12.8 Å². The quantitative estimate of drug-likeness (QED) is 0.521. The first-order chi connectivity index (χ1) is 12.2. The number of aromatic nitrogens is 4. The summed E-state index contributed by atoms with van der Waals surface area (Å²) in [5.74, 6) is 0. The van der Waals surface area contributed by atoms with Crippen LogP contribution in [0.1, 0.15) is 25.5 Å². The van der Waals surface area contributed by atoms with E-state index in [9.17, 15) is 9.90 Å². The highest BCUT2D eigenvalue weighted by Crippen LogP contribution is 2.39. The van der Waals surface area contributed by atoms with Crippen molar-refractivity contribution in [1.29, 1.82) is 5.26 Å². The van der Waals surface area contributed by atoms with Gasteiger partial charge in [0.25, 0.3) is 5.56 Å². The fourth-order valence-corrected chi connectivity index (χ4v) is 3.43. The minimum atomic E-state index is -1.43. The predicted octanol–water partition coefficient (Wildman–Crippen LogP) is 1.01. The van der Waals surface area contributed by atoms with E-state index in [1.54, 1.807) is 10.9 Å². The summed E-state index contributed by atoms with van der Waals surface area (Å²) in [4.78, 5) is 22.4. The minimum absolute atomic E-state index is 0.152. The molecule has 3 heterocycles. The Balaban J connectivity index is 1.55. The second-order valence-electron chi connectivity index (χ2n) is 5.36. The lowest BCUT2D eigenvalue weighted by atomic mass is 10.2. The maximum atomic E-state index is 11.7. The van der Waals surface area contributed by atoms with Gasteiger partial charge >= 0.3 is 0 Å². The molecule has 1 fully saturated rings. The third-order valence-corrected chi connectivity index (χ3v) is 4.87. The lowest BCUT2D eigenvalue weighted by Crippen LogP contribution is -2.16.